The van der Waals surface area contributed by atoms with Crippen LogP contribution in [-0.2, 0) is 16.0 Å². The number of hydrogen-bond donors (Lipinski definition) is 3. The summed E-state index contributed by atoms with van der Waals surface area (Å²) in [5.74, 6) is -1.24. The van der Waals surface area contributed by atoms with Gasteiger partial charge in [-0.1, -0.05) is 53.0 Å². The summed E-state index contributed by atoms with van der Waals surface area (Å²) in [6.45, 7) is 5.37. The van der Waals surface area contributed by atoms with Gasteiger partial charge in [0.2, 0.25) is 11.8 Å². The standard InChI is InChI=1S/C27H27Cl2N3O3/c1-16-4-13-23(17(2)14-16)26(34)32-24(15-19-5-7-20(28)8-6-19)27(35)30-18(3)25(33)31-22-11-9-21(29)10-12-22/h4-14,18,24H,15H2,1-3H3,(H,30,35)(H,31,33)(H,32,34)/t18-,24-/m0/s1. The number of anilines is 1. The van der Waals surface area contributed by atoms with E-state index in [1.165, 1.54) is 0 Å². The topological polar surface area (TPSA) is 87.3 Å². The number of carbonyl (C=O) groups excluding carboxylic acids is 3. The molecule has 0 spiro atoms. The van der Waals surface area contributed by atoms with Crippen molar-refractivity contribution in [1.82, 2.24) is 10.6 Å². The molecule has 2 atom stereocenters. The molecule has 182 valence electrons. The SMILES string of the molecule is Cc1ccc(C(=O)N[C@@H](Cc2ccc(Cl)cc2)C(=O)N[C@@H](C)C(=O)Nc2ccc(Cl)cc2)c(C)c1. The second-order valence-corrected chi connectivity index (χ2v) is 9.27. The third-order valence-corrected chi connectivity index (χ3v) is 5.97. The van der Waals surface area contributed by atoms with Crippen molar-refractivity contribution >= 4 is 46.6 Å². The number of benzene rings is 3. The Morgan fingerprint density at radius 1 is 0.800 bits per heavy atom. The van der Waals surface area contributed by atoms with E-state index in [9.17, 15) is 14.4 Å². The Balaban J connectivity index is 1.74. The Morgan fingerprint density at radius 2 is 1.40 bits per heavy atom. The molecule has 8 heteroatoms. The van der Waals surface area contributed by atoms with E-state index in [2.05, 4.69) is 16.0 Å². The highest BCUT2D eigenvalue weighted by molar-refractivity contribution is 6.30. The van der Waals surface area contributed by atoms with E-state index in [4.69, 9.17) is 23.2 Å². The number of halogens is 2. The average Bonchev–Trinajstić information content (AvgIpc) is 2.81. The first-order valence-corrected chi connectivity index (χ1v) is 11.9. The van der Waals surface area contributed by atoms with Gasteiger partial charge in [-0.05, 0) is 74.4 Å². The van der Waals surface area contributed by atoms with Crippen LogP contribution in [-0.4, -0.2) is 29.8 Å². The van der Waals surface area contributed by atoms with Crippen molar-refractivity contribution in [1.29, 1.82) is 0 Å². The van der Waals surface area contributed by atoms with E-state index in [1.807, 2.05) is 26.0 Å². The lowest BCUT2D eigenvalue weighted by molar-refractivity contribution is -0.127. The van der Waals surface area contributed by atoms with Crippen LogP contribution in [0.25, 0.3) is 0 Å². The van der Waals surface area contributed by atoms with E-state index in [1.54, 1.807) is 61.5 Å². The molecule has 3 amide bonds. The van der Waals surface area contributed by atoms with E-state index in [0.29, 0.717) is 21.3 Å². The number of amides is 3. The predicted octanol–water partition coefficient (Wildman–Crippen LogP) is 5.09. The molecule has 0 unspecified atom stereocenters. The molecule has 0 aromatic heterocycles. The summed E-state index contributed by atoms with van der Waals surface area (Å²) in [5, 5.41) is 9.39. The summed E-state index contributed by atoms with van der Waals surface area (Å²) >= 11 is 11.9. The second-order valence-electron chi connectivity index (χ2n) is 8.40. The molecule has 0 fully saturated rings. The smallest absolute Gasteiger partial charge is 0.252 e. The number of nitrogens with one attached hydrogen (secondary N) is 3. The summed E-state index contributed by atoms with van der Waals surface area (Å²) in [7, 11) is 0. The molecule has 6 nitrogen and oxygen atoms in total. The van der Waals surface area contributed by atoms with Gasteiger partial charge in [0.25, 0.3) is 5.91 Å². The average molecular weight is 512 g/mol. The minimum absolute atomic E-state index is 0.227. The summed E-state index contributed by atoms with van der Waals surface area (Å²) in [6.07, 6.45) is 0.227. The van der Waals surface area contributed by atoms with Crippen LogP contribution in [0.15, 0.2) is 66.7 Å². The number of hydrogen-bond acceptors (Lipinski definition) is 3. The largest absolute Gasteiger partial charge is 0.343 e. The zero-order valence-corrected chi connectivity index (χ0v) is 21.2. The van der Waals surface area contributed by atoms with Crippen molar-refractivity contribution in [2.24, 2.45) is 0 Å². The molecule has 3 aromatic carbocycles. The van der Waals surface area contributed by atoms with Gasteiger partial charge in [0.05, 0.1) is 0 Å². The first-order valence-electron chi connectivity index (χ1n) is 11.1. The molecule has 0 heterocycles. The van der Waals surface area contributed by atoms with Gasteiger partial charge in [-0.3, -0.25) is 14.4 Å². The third-order valence-electron chi connectivity index (χ3n) is 5.47. The van der Waals surface area contributed by atoms with E-state index in [-0.39, 0.29) is 12.3 Å². The van der Waals surface area contributed by atoms with Crippen LogP contribution in [0.5, 0.6) is 0 Å². The Morgan fingerprint density at radius 3 is 2.00 bits per heavy atom. The zero-order valence-electron chi connectivity index (χ0n) is 19.7. The maximum absolute atomic E-state index is 13.2. The number of aryl methyl sites for hydroxylation is 2. The van der Waals surface area contributed by atoms with Crippen LogP contribution in [0, 0.1) is 13.8 Å². The highest BCUT2D eigenvalue weighted by Crippen LogP contribution is 2.15. The van der Waals surface area contributed by atoms with Crippen LogP contribution in [0.1, 0.15) is 34.0 Å². The molecule has 0 saturated heterocycles. The fourth-order valence-electron chi connectivity index (χ4n) is 3.53. The molecule has 0 aliphatic heterocycles. The Labute approximate surface area is 215 Å². The van der Waals surface area contributed by atoms with Gasteiger partial charge in [-0.2, -0.15) is 0 Å². The molecule has 3 aromatic rings. The molecule has 3 rings (SSSR count). The van der Waals surface area contributed by atoms with E-state index >= 15 is 0 Å². The highest BCUT2D eigenvalue weighted by Gasteiger charge is 2.26. The van der Waals surface area contributed by atoms with Crippen molar-refractivity contribution in [2.75, 3.05) is 5.32 Å². The van der Waals surface area contributed by atoms with Crippen LogP contribution >= 0.6 is 23.2 Å². The van der Waals surface area contributed by atoms with Gasteiger partial charge in [-0.25, -0.2) is 0 Å². The van der Waals surface area contributed by atoms with Gasteiger partial charge in [0, 0.05) is 27.7 Å². The van der Waals surface area contributed by atoms with E-state index in [0.717, 1.165) is 16.7 Å². The summed E-state index contributed by atoms with van der Waals surface area (Å²) in [6, 6.07) is 17.4. The molecule has 0 bridgehead atoms. The van der Waals surface area contributed by atoms with Gasteiger partial charge < -0.3 is 16.0 Å². The fourth-order valence-corrected chi connectivity index (χ4v) is 3.79. The van der Waals surface area contributed by atoms with E-state index < -0.39 is 23.9 Å². The zero-order chi connectivity index (χ0) is 25.5. The Hall–Kier alpha value is -3.35. The van der Waals surface area contributed by atoms with Crippen molar-refractivity contribution in [3.63, 3.8) is 0 Å². The Bertz CT molecular complexity index is 1210. The van der Waals surface area contributed by atoms with Crippen LogP contribution < -0.4 is 16.0 Å². The normalized spacial score (nSPS) is 12.4. The molecule has 0 saturated carbocycles. The monoisotopic (exact) mass is 511 g/mol. The summed E-state index contributed by atoms with van der Waals surface area (Å²) in [5.41, 5.74) is 3.70. The molecule has 0 aliphatic rings. The number of carbonyl (C=O) groups is 3. The first-order chi connectivity index (χ1) is 16.6. The van der Waals surface area contributed by atoms with Crippen molar-refractivity contribution in [3.05, 3.63) is 99.0 Å². The first kappa shape index (κ1) is 26.3. The maximum atomic E-state index is 13.2. The number of rotatable bonds is 8. The third kappa shape index (κ3) is 7.57. The fraction of sp³-hybridized carbons (Fsp3) is 0.222. The van der Waals surface area contributed by atoms with Gasteiger partial charge >= 0.3 is 0 Å². The quantitative estimate of drug-likeness (QED) is 0.393. The minimum Gasteiger partial charge on any atom is -0.343 e. The maximum Gasteiger partial charge on any atom is 0.252 e. The highest BCUT2D eigenvalue weighted by atomic mass is 35.5. The predicted molar refractivity (Wildman–Crippen MR) is 140 cm³/mol. The Kier molecular flexibility index (Phi) is 8.90. The van der Waals surface area contributed by atoms with Crippen molar-refractivity contribution < 1.29 is 14.4 Å². The lowest BCUT2D eigenvalue weighted by Gasteiger charge is -2.22. The van der Waals surface area contributed by atoms with Crippen LogP contribution in [0.4, 0.5) is 5.69 Å². The molecular weight excluding hydrogens is 485 g/mol. The molecule has 0 aliphatic carbocycles. The van der Waals surface area contributed by atoms with Crippen LogP contribution in [0.2, 0.25) is 10.0 Å². The lowest BCUT2D eigenvalue weighted by Crippen LogP contribution is -2.52. The molecule has 35 heavy (non-hydrogen) atoms. The lowest BCUT2D eigenvalue weighted by atomic mass is 10.0. The summed E-state index contributed by atoms with van der Waals surface area (Å²) in [4.78, 5) is 38.8. The van der Waals surface area contributed by atoms with Crippen molar-refractivity contribution in [2.45, 2.75) is 39.3 Å². The minimum atomic E-state index is -0.907. The summed E-state index contributed by atoms with van der Waals surface area (Å²) < 4.78 is 0. The van der Waals surface area contributed by atoms with Crippen molar-refractivity contribution in [3.8, 4) is 0 Å². The van der Waals surface area contributed by atoms with Gasteiger partial charge in [0.1, 0.15) is 12.1 Å². The molecule has 3 N–H and O–H groups in total. The second kappa shape index (κ2) is 11.9. The molecular formula is C27H27Cl2N3O3. The molecule has 0 radical (unpaired) electrons. The van der Waals surface area contributed by atoms with Gasteiger partial charge in [0.15, 0.2) is 0 Å². The van der Waals surface area contributed by atoms with Crippen LogP contribution in [0.3, 0.4) is 0 Å². The van der Waals surface area contributed by atoms with Gasteiger partial charge in [-0.15, -0.1) is 0 Å².